The third-order valence-electron chi connectivity index (χ3n) is 4.55. The number of likely N-dealkylation sites (tertiary alicyclic amines) is 1. The summed E-state index contributed by atoms with van der Waals surface area (Å²) in [5.41, 5.74) is 0.551. The van der Waals surface area contributed by atoms with Crippen molar-refractivity contribution in [1.29, 1.82) is 0 Å². The van der Waals surface area contributed by atoms with Crippen LogP contribution in [0.2, 0.25) is 0 Å². The molecule has 1 aliphatic heterocycles. The van der Waals surface area contributed by atoms with Gasteiger partial charge in [-0.25, -0.2) is 0 Å². The highest BCUT2D eigenvalue weighted by molar-refractivity contribution is 7.14. The molecule has 0 bridgehead atoms. The second-order valence-electron chi connectivity index (χ2n) is 6.54. The molecule has 1 aliphatic rings. The van der Waals surface area contributed by atoms with Gasteiger partial charge < -0.3 is 15.3 Å². The number of nitrogens with one attached hydrogen (secondary N) is 1. The van der Waals surface area contributed by atoms with Crippen LogP contribution >= 0.6 is 11.3 Å². The molecule has 5 nitrogen and oxygen atoms in total. The van der Waals surface area contributed by atoms with Crippen LogP contribution in [0.1, 0.15) is 53.2 Å². The lowest BCUT2D eigenvalue weighted by Crippen LogP contribution is -2.29. The van der Waals surface area contributed by atoms with Crippen molar-refractivity contribution >= 4 is 28.8 Å². The number of amides is 2. The lowest BCUT2D eigenvalue weighted by atomic mass is 10.2. The number of thiophene rings is 1. The molecule has 1 aromatic heterocycles. The van der Waals surface area contributed by atoms with Gasteiger partial charge in [0.15, 0.2) is 0 Å². The molecule has 0 spiro atoms. The molecular formula is C21H24N2O3S. The number of phenols is 1. The Bertz CT molecular complexity index is 843. The molecule has 2 aromatic rings. The largest absolute Gasteiger partial charge is 0.508 e. The number of hydrogen-bond acceptors (Lipinski definition) is 4. The minimum Gasteiger partial charge on any atom is -0.508 e. The summed E-state index contributed by atoms with van der Waals surface area (Å²) < 4.78 is 0. The zero-order chi connectivity index (χ0) is 19.2. The number of anilines is 1. The van der Waals surface area contributed by atoms with Gasteiger partial charge in [-0.15, -0.1) is 11.3 Å². The minimum absolute atomic E-state index is 0.0554. The number of benzene rings is 1. The van der Waals surface area contributed by atoms with Crippen molar-refractivity contribution in [2.75, 3.05) is 11.9 Å². The van der Waals surface area contributed by atoms with Crippen LogP contribution in [0.5, 0.6) is 5.75 Å². The second-order valence-corrected chi connectivity index (χ2v) is 7.65. The van der Waals surface area contributed by atoms with Gasteiger partial charge in [0.1, 0.15) is 5.75 Å². The van der Waals surface area contributed by atoms with Crippen molar-refractivity contribution in [1.82, 2.24) is 4.90 Å². The van der Waals surface area contributed by atoms with E-state index in [1.54, 1.807) is 24.3 Å². The third kappa shape index (κ3) is 4.77. The van der Waals surface area contributed by atoms with Gasteiger partial charge in [0, 0.05) is 29.6 Å². The Morgan fingerprint density at radius 1 is 1.30 bits per heavy atom. The summed E-state index contributed by atoms with van der Waals surface area (Å²) in [6.07, 6.45) is 7.21. The maximum absolute atomic E-state index is 12.5. The fourth-order valence-electron chi connectivity index (χ4n) is 3.26. The molecule has 1 atom stereocenters. The lowest BCUT2D eigenvalue weighted by Gasteiger charge is -2.23. The molecule has 2 amide bonds. The first-order valence-electron chi connectivity index (χ1n) is 9.23. The maximum atomic E-state index is 12.5. The normalized spacial score (nSPS) is 16.8. The Morgan fingerprint density at radius 3 is 2.93 bits per heavy atom. The molecule has 6 heteroatoms. The monoisotopic (exact) mass is 384 g/mol. The summed E-state index contributed by atoms with van der Waals surface area (Å²) in [7, 11) is 0. The van der Waals surface area contributed by atoms with Crippen LogP contribution in [-0.4, -0.2) is 28.4 Å². The van der Waals surface area contributed by atoms with E-state index in [9.17, 15) is 14.7 Å². The highest BCUT2D eigenvalue weighted by Crippen LogP contribution is 2.36. The summed E-state index contributed by atoms with van der Waals surface area (Å²) in [5.74, 6) is 0.0388. The van der Waals surface area contributed by atoms with Gasteiger partial charge in [-0.2, -0.15) is 0 Å². The number of nitrogens with zero attached hydrogens (tertiary/aromatic N) is 1. The zero-order valence-electron chi connectivity index (χ0n) is 15.4. The summed E-state index contributed by atoms with van der Waals surface area (Å²) >= 11 is 1.42. The van der Waals surface area contributed by atoms with Crippen molar-refractivity contribution in [3.63, 3.8) is 0 Å². The minimum atomic E-state index is -0.210. The van der Waals surface area contributed by atoms with E-state index in [0.717, 1.165) is 30.7 Å². The van der Waals surface area contributed by atoms with Crippen LogP contribution in [0.15, 0.2) is 48.6 Å². The number of aromatic hydroxyl groups is 1. The van der Waals surface area contributed by atoms with Crippen LogP contribution in [-0.2, 0) is 4.79 Å². The summed E-state index contributed by atoms with van der Waals surface area (Å²) in [5, 5.41) is 12.3. The molecule has 0 radical (unpaired) electrons. The molecule has 27 heavy (non-hydrogen) atoms. The van der Waals surface area contributed by atoms with Crippen molar-refractivity contribution in [2.45, 2.75) is 38.6 Å². The Hall–Kier alpha value is -2.60. The first-order chi connectivity index (χ1) is 13.1. The number of carbonyl (C=O) groups is 2. The van der Waals surface area contributed by atoms with Gasteiger partial charge in [-0.05, 0) is 43.5 Å². The molecule has 0 aliphatic carbocycles. The maximum Gasteiger partial charge on any atom is 0.265 e. The van der Waals surface area contributed by atoms with Crippen molar-refractivity contribution in [3.8, 4) is 5.75 Å². The molecular weight excluding hydrogens is 360 g/mol. The van der Waals surface area contributed by atoms with E-state index < -0.39 is 0 Å². The molecule has 2 heterocycles. The van der Waals surface area contributed by atoms with Crippen molar-refractivity contribution in [3.05, 3.63) is 58.3 Å². The standard InChI is InChI=1S/C21H24N2O3S/c1-2-3-4-10-20(25)23-13-6-9-17(23)18-11-12-19(27-18)21(26)22-15-7-5-8-16(24)14-15/h3-5,7-8,11-12,14,17,24H,2,6,9-10,13H2,1H3,(H,22,26). The van der Waals surface area contributed by atoms with Crippen LogP contribution in [0.4, 0.5) is 5.69 Å². The Labute approximate surface area is 163 Å². The number of hydrogen-bond donors (Lipinski definition) is 2. The van der Waals surface area contributed by atoms with Gasteiger partial charge in [0.2, 0.25) is 5.91 Å². The zero-order valence-corrected chi connectivity index (χ0v) is 16.2. The molecule has 3 rings (SSSR count). The second kappa shape index (κ2) is 8.86. The first kappa shape index (κ1) is 19.2. The summed E-state index contributed by atoms with van der Waals surface area (Å²) in [4.78, 5) is 28.5. The average molecular weight is 385 g/mol. The van der Waals surface area contributed by atoms with E-state index >= 15 is 0 Å². The molecule has 1 unspecified atom stereocenters. The summed E-state index contributed by atoms with van der Waals surface area (Å²) in [6.45, 7) is 2.82. The van der Waals surface area contributed by atoms with Gasteiger partial charge in [0.05, 0.1) is 10.9 Å². The van der Waals surface area contributed by atoms with Crippen LogP contribution in [0.25, 0.3) is 0 Å². The fourth-order valence-corrected chi connectivity index (χ4v) is 4.31. The third-order valence-corrected chi connectivity index (χ3v) is 5.74. The van der Waals surface area contributed by atoms with E-state index in [-0.39, 0.29) is 23.6 Å². The molecule has 0 saturated carbocycles. The van der Waals surface area contributed by atoms with Gasteiger partial charge >= 0.3 is 0 Å². The van der Waals surface area contributed by atoms with E-state index in [1.165, 1.54) is 17.4 Å². The molecule has 1 saturated heterocycles. The molecule has 2 N–H and O–H groups in total. The number of phenolic OH excluding ortho intramolecular Hbond substituents is 1. The number of rotatable bonds is 6. The van der Waals surface area contributed by atoms with Crippen LogP contribution < -0.4 is 5.32 Å². The topological polar surface area (TPSA) is 69.6 Å². The SMILES string of the molecule is CCC=CCC(=O)N1CCCC1c1ccc(C(=O)Nc2cccc(O)c2)s1. The van der Waals surface area contributed by atoms with Crippen molar-refractivity contribution in [2.24, 2.45) is 0 Å². The van der Waals surface area contributed by atoms with E-state index in [2.05, 4.69) is 12.2 Å². The highest BCUT2D eigenvalue weighted by atomic mass is 32.1. The fraction of sp³-hybridized carbons (Fsp3) is 0.333. The van der Waals surface area contributed by atoms with Crippen LogP contribution in [0, 0.1) is 0 Å². The average Bonchev–Trinajstić information content (AvgIpc) is 3.31. The smallest absolute Gasteiger partial charge is 0.265 e. The summed E-state index contributed by atoms with van der Waals surface area (Å²) in [6, 6.07) is 10.3. The van der Waals surface area contributed by atoms with Gasteiger partial charge in [-0.1, -0.05) is 25.1 Å². The Kier molecular flexibility index (Phi) is 6.29. The van der Waals surface area contributed by atoms with E-state index in [1.807, 2.05) is 23.1 Å². The lowest BCUT2D eigenvalue weighted by molar-refractivity contribution is -0.131. The molecule has 1 aromatic carbocycles. The Morgan fingerprint density at radius 2 is 2.15 bits per heavy atom. The van der Waals surface area contributed by atoms with Crippen molar-refractivity contribution < 1.29 is 14.7 Å². The predicted octanol–water partition coefficient (Wildman–Crippen LogP) is 4.73. The molecule has 142 valence electrons. The van der Waals surface area contributed by atoms with E-state index in [0.29, 0.717) is 17.0 Å². The predicted molar refractivity (Wildman–Crippen MR) is 108 cm³/mol. The first-order valence-corrected chi connectivity index (χ1v) is 10.0. The quantitative estimate of drug-likeness (QED) is 0.708. The number of allylic oxidation sites excluding steroid dienone is 1. The Balaban J connectivity index is 1.68. The number of carbonyl (C=O) groups excluding carboxylic acids is 2. The van der Waals surface area contributed by atoms with Gasteiger partial charge in [0.25, 0.3) is 5.91 Å². The van der Waals surface area contributed by atoms with Gasteiger partial charge in [-0.3, -0.25) is 9.59 Å². The van der Waals surface area contributed by atoms with Crippen LogP contribution in [0.3, 0.4) is 0 Å². The van der Waals surface area contributed by atoms with E-state index in [4.69, 9.17) is 0 Å². The highest BCUT2D eigenvalue weighted by Gasteiger charge is 2.30. The molecule has 1 fully saturated rings.